The van der Waals surface area contributed by atoms with Gasteiger partial charge in [-0.3, -0.25) is 14.9 Å². The van der Waals surface area contributed by atoms with Crippen LogP contribution in [0.3, 0.4) is 0 Å². The van der Waals surface area contributed by atoms with Crippen molar-refractivity contribution in [2.24, 2.45) is 22.9 Å². The molecule has 0 saturated heterocycles. The van der Waals surface area contributed by atoms with Gasteiger partial charge < -0.3 is 34.6 Å². The van der Waals surface area contributed by atoms with Gasteiger partial charge in [0.1, 0.15) is 23.9 Å². The van der Waals surface area contributed by atoms with E-state index in [1.165, 1.54) is 35.5 Å². The fourth-order valence-electron chi connectivity index (χ4n) is 10.7. The number of nitro groups is 1. The van der Waals surface area contributed by atoms with E-state index in [1.807, 2.05) is 67.6 Å². The van der Waals surface area contributed by atoms with E-state index < -0.39 is 32.7 Å². The predicted octanol–water partition coefficient (Wildman–Crippen LogP) is 10.4. The van der Waals surface area contributed by atoms with Crippen LogP contribution in [0.25, 0.3) is 10.8 Å². The summed E-state index contributed by atoms with van der Waals surface area (Å²) in [5.41, 5.74) is 3.16. The third kappa shape index (κ3) is 11.1. The molecule has 1 saturated carbocycles. The lowest BCUT2D eigenvalue weighted by Gasteiger charge is -2.59. The molecule has 0 bridgehead atoms. The largest absolute Gasteiger partial charge is 0.460 e. The molecule has 8 rings (SSSR count). The van der Waals surface area contributed by atoms with Crippen LogP contribution in [0.5, 0.6) is 17.2 Å². The third-order valence-corrected chi connectivity index (χ3v) is 15.6. The summed E-state index contributed by atoms with van der Waals surface area (Å²) in [6.45, 7) is 7.42. The fourth-order valence-corrected chi connectivity index (χ4v) is 12.4. The molecule has 6 atom stereocenters. The van der Waals surface area contributed by atoms with Gasteiger partial charge in [-0.15, -0.1) is 6.58 Å². The number of nitrogens with one attached hydrogen (secondary N) is 1. The van der Waals surface area contributed by atoms with E-state index in [0.717, 1.165) is 34.8 Å². The van der Waals surface area contributed by atoms with Crippen LogP contribution in [-0.2, 0) is 31.0 Å². The van der Waals surface area contributed by atoms with Crippen LogP contribution in [0.15, 0.2) is 144 Å². The van der Waals surface area contributed by atoms with Crippen molar-refractivity contribution in [3.05, 3.63) is 155 Å². The third-order valence-electron chi connectivity index (χ3n) is 13.7. The van der Waals surface area contributed by atoms with Crippen LogP contribution in [0.4, 0.5) is 11.4 Å². The van der Waals surface area contributed by atoms with Gasteiger partial charge in [-0.05, 0) is 133 Å². The Bertz CT molecular complexity index is 2870. The predicted molar refractivity (Wildman–Crippen MR) is 272 cm³/mol. The van der Waals surface area contributed by atoms with Crippen molar-refractivity contribution in [3.8, 4) is 17.2 Å². The van der Waals surface area contributed by atoms with E-state index in [0.29, 0.717) is 66.3 Å². The van der Waals surface area contributed by atoms with E-state index >= 15 is 8.42 Å². The summed E-state index contributed by atoms with van der Waals surface area (Å²) in [5, 5.41) is 41.2. The Morgan fingerprint density at radius 1 is 0.944 bits per heavy atom. The highest BCUT2D eigenvalue weighted by molar-refractivity contribution is 7.89. The second-order valence-corrected chi connectivity index (χ2v) is 20.3. The maximum absolute atomic E-state index is 15.4. The summed E-state index contributed by atoms with van der Waals surface area (Å²) in [6, 6.07) is 30.8. The molecule has 2 aliphatic carbocycles. The maximum atomic E-state index is 15.4. The zero-order chi connectivity index (χ0) is 50.1. The zero-order valence-electron chi connectivity index (χ0n) is 40.2. The zero-order valence-corrected chi connectivity index (χ0v) is 41.0. The molecule has 1 heterocycles. The minimum atomic E-state index is -4.34. The number of non-ortho nitro benzene ring substituents is 1. The van der Waals surface area contributed by atoms with Crippen LogP contribution in [0.2, 0.25) is 0 Å². The summed E-state index contributed by atoms with van der Waals surface area (Å²) in [6.07, 6.45) is 8.34. The number of aliphatic hydroxyl groups is 2. The van der Waals surface area contributed by atoms with E-state index in [9.17, 15) is 25.1 Å². The smallest absolute Gasteiger partial charge is 0.269 e. The number of sulfonamides is 1. The second kappa shape index (κ2) is 22.8. The average Bonchev–Trinajstić information content (AvgIpc) is 3.36. The average molecular weight is 987 g/mol. The molecule has 0 unspecified atom stereocenters. The number of carbonyl (C=O) groups is 1. The Kier molecular flexibility index (Phi) is 16.3. The van der Waals surface area contributed by atoms with Crippen molar-refractivity contribution in [1.29, 1.82) is 0 Å². The van der Waals surface area contributed by atoms with E-state index in [-0.39, 0.29) is 73.6 Å². The molecule has 3 aliphatic rings. The Hall–Kier alpha value is -6.43. The summed E-state index contributed by atoms with van der Waals surface area (Å²) < 4.78 is 53.3. The number of fused-ring (bicyclic) bond motifs is 3. The van der Waals surface area contributed by atoms with Crippen molar-refractivity contribution < 1.29 is 47.4 Å². The van der Waals surface area contributed by atoms with Crippen LogP contribution in [0.1, 0.15) is 82.3 Å². The van der Waals surface area contributed by atoms with Gasteiger partial charge in [-0.25, -0.2) is 8.42 Å². The van der Waals surface area contributed by atoms with Crippen molar-refractivity contribution in [3.63, 3.8) is 0 Å². The van der Waals surface area contributed by atoms with Gasteiger partial charge in [0.05, 0.1) is 34.1 Å². The molecule has 5 aromatic carbocycles. The molecular weight excluding hydrogens is 925 g/mol. The highest BCUT2D eigenvalue weighted by Crippen LogP contribution is 2.62. The molecule has 0 spiro atoms. The number of aliphatic hydroxyl groups excluding tert-OH is 2. The monoisotopic (exact) mass is 986 g/mol. The number of carbonyl (C=O) groups excluding carboxylic acids is 1. The van der Waals surface area contributed by atoms with E-state index in [4.69, 9.17) is 24.2 Å². The minimum absolute atomic E-state index is 0.00545. The first-order valence-electron chi connectivity index (χ1n) is 24.4. The lowest BCUT2D eigenvalue weighted by Crippen LogP contribution is -2.70. The van der Waals surface area contributed by atoms with E-state index in [2.05, 4.69) is 18.0 Å². The Morgan fingerprint density at radius 2 is 1.65 bits per heavy atom. The standard InChI is InChI=1S/C55H62N4O11S/c1-4-28-58(71(65,66)46-25-19-42(20-26-46)56-37(3)62)52-35-50(57-68-36-38-16-21-43(22-17-38)59(63)64)48-33-41(14-8-10-29-60)47(15-9-11-30-61)53-49-34-45(69-44-23-18-39-12-6-7-13-40(39)32-44)24-27-51(49)70-55(52,54(48)53)67-31-5-2/h5-7,12-13,16-27,32-34,41,47,52-54,60-61H,2,4,8-11,14-15,28-31,35-36H2,1,3H3,(H,56,62)/t41-,47+,52-,53+,54+,55+/m0/s1. The second-order valence-electron chi connectivity index (χ2n) is 18.4. The number of oxime groups is 1. The molecular formula is C55H62N4O11S. The van der Waals surface area contributed by atoms with Crippen LogP contribution < -0.4 is 14.8 Å². The summed E-state index contributed by atoms with van der Waals surface area (Å²) in [4.78, 5) is 29.1. The Morgan fingerprint density at radius 3 is 2.34 bits per heavy atom. The van der Waals surface area contributed by atoms with Crippen LogP contribution in [-0.4, -0.2) is 77.7 Å². The Labute approximate surface area is 415 Å². The minimum Gasteiger partial charge on any atom is -0.460 e. The van der Waals surface area contributed by atoms with Gasteiger partial charge in [-0.1, -0.05) is 67.4 Å². The summed E-state index contributed by atoms with van der Waals surface area (Å²) in [5.74, 6) is -1.43. The molecule has 1 aliphatic heterocycles. The molecule has 1 fully saturated rings. The first-order chi connectivity index (χ1) is 34.4. The van der Waals surface area contributed by atoms with Gasteiger partial charge in [0, 0.05) is 62.4 Å². The molecule has 5 aromatic rings. The number of hydrogen-bond acceptors (Lipinski definition) is 12. The van der Waals surface area contributed by atoms with Gasteiger partial charge in [-0.2, -0.15) is 4.31 Å². The van der Waals surface area contributed by atoms with Crippen LogP contribution >= 0.6 is 0 Å². The van der Waals surface area contributed by atoms with Crippen molar-refractivity contribution >= 4 is 43.8 Å². The van der Waals surface area contributed by atoms with Gasteiger partial charge in [0.15, 0.2) is 0 Å². The normalized spacial score (nSPS) is 22.0. The lowest BCUT2D eigenvalue weighted by molar-refractivity contribution is -0.384. The number of hydrogen-bond donors (Lipinski definition) is 3. The molecule has 0 radical (unpaired) electrons. The fraction of sp³-hybridized carbons (Fsp3) is 0.382. The topological polar surface area (TPSA) is 199 Å². The highest BCUT2D eigenvalue weighted by Gasteiger charge is 2.66. The number of unbranched alkanes of at least 4 members (excludes halogenated alkanes) is 2. The maximum Gasteiger partial charge on any atom is 0.269 e. The first kappa shape index (κ1) is 50.9. The summed E-state index contributed by atoms with van der Waals surface area (Å²) >= 11 is 0. The summed E-state index contributed by atoms with van der Waals surface area (Å²) in [7, 11) is -4.34. The molecule has 1 amide bonds. The van der Waals surface area contributed by atoms with Gasteiger partial charge in [0.2, 0.25) is 21.7 Å². The lowest BCUT2D eigenvalue weighted by atomic mass is 9.55. The number of rotatable bonds is 23. The number of anilines is 1. The first-order valence-corrected chi connectivity index (χ1v) is 25.8. The number of nitro benzene ring substituents is 1. The van der Waals surface area contributed by atoms with Gasteiger partial charge in [0.25, 0.3) is 5.69 Å². The van der Waals surface area contributed by atoms with Gasteiger partial charge >= 0.3 is 0 Å². The SMILES string of the molecule is C=CCO[C@@]12Oc3ccc(Oc4ccc5ccccc5c4)cc3[C@H]3[C@H](CCCCO)[C@@H](CCCCO)C=C(C(=NOCc4ccc([N+](=O)[O-])cc4)C[C@@H]1N(CCC)S(=O)(=O)c1ccc(NC(C)=O)cc1)[C@H]32. The molecule has 3 N–H and O–H groups in total. The molecule has 71 heavy (non-hydrogen) atoms. The number of nitrogens with zero attached hydrogens (tertiary/aromatic N) is 3. The van der Waals surface area contributed by atoms with Crippen molar-refractivity contribution in [2.45, 2.75) is 94.5 Å². The molecule has 15 nitrogen and oxygen atoms in total. The molecule has 374 valence electrons. The molecule has 16 heteroatoms. The Balaban J connectivity index is 1.33. The van der Waals surface area contributed by atoms with Crippen LogP contribution in [0, 0.1) is 27.9 Å². The number of allylic oxidation sites excluding steroid dienone is 1. The molecule has 0 aromatic heterocycles. The number of amides is 1. The van der Waals surface area contributed by atoms with Crippen molar-refractivity contribution in [1.82, 2.24) is 4.31 Å². The number of ether oxygens (including phenoxy) is 3. The van der Waals surface area contributed by atoms with E-state index in [1.54, 1.807) is 30.3 Å². The van der Waals surface area contributed by atoms with Crippen molar-refractivity contribution in [2.75, 3.05) is 31.7 Å². The highest BCUT2D eigenvalue weighted by atomic mass is 32.2. The quantitative estimate of drug-likeness (QED) is 0.0243. The number of benzene rings is 5.